The van der Waals surface area contributed by atoms with Crippen molar-refractivity contribution in [3.63, 3.8) is 0 Å². The van der Waals surface area contributed by atoms with Gasteiger partial charge in [0.25, 0.3) is 0 Å². The number of hydrogen-bond donors (Lipinski definition) is 0. The van der Waals surface area contributed by atoms with E-state index >= 15 is 0 Å². The summed E-state index contributed by atoms with van der Waals surface area (Å²) >= 11 is 1.61. The van der Waals surface area contributed by atoms with Crippen LogP contribution in [0.2, 0.25) is 0 Å². The molecule has 0 radical (unpaired) electrons. The highest BCUT2D eigenvalue weighted by Gasteiger charge is 2.07. The van der Waals surface area contributed by atoms with E-state index in [-0.39, 0.29) is 5.97 Å². The molecule has 0 spiro atoms. The minimum atomic E-state index is -0.305. The molecule has 0 N–H and O–H groups in total. The molecule has 1 heterocycles. The summed E-state index contributed by atoms with van der Waals surface area (Å²) in [6.07, 6.45) is 0. The number of rotatable bonds is 5. The Bertz CT molecular complexity index is 909. The van der Waals surface area contributed by atoms with Crippen LogP contribution in [0.5, 0.6) is 0 Å². The first-order chi connectivity index (χ1) is 12.2. The zero-order valence-corrected chi connectivity index (χ0v) is 15.1. The highest BCUT2D eigenvalue weighted by molar-refractivity contribution is 7.07. The van der Waals surface area contributed by atoms with Gasteiger partial charge in [-0.15, -0.1) is 11.3 Å². The van der Waals surface area contributed by atoms with Crippen LogP contribution in [0.25, 0.3) is 11.3 Å². The van der Waals surface area contributed by atoms with Gasteiger partial charge in [-0.3, -0.25) is 0 Å². The Labute approximate surface area is 151 Å². The first kappa shape index (κ1) is 17.2. The summed E-state index contributed by atoms with van der Waals surface area (Å²) in [5.74, 6) is -0.305. The second-order valence-electron chi connectivity index (χ2n) is 5.39. The van der Waals surface area contributed by atoms with E-state index in [1.807, 2.05) is 30.3 Å². The van der Waals surface area contributed by atoms with Crippen LogP contribution >= 0.6 is 11.3 Å². The second kappa shape index (κ2) is 7.94. The quantitative estimate of drug-likeness (QED) is 0.628. The molecule has 5 heteroatoms. The summed E-state index contributed by atoms with van der Waals surface area (Å²) in [4.78, 5) is 17.4. The number of benzene rings is 2. The Morgan fingerprint density at radius 3 is 2.44 bits per heavy atom. The molecule has 0 bridgehead atoms. The highest BCUT2D eigenvalue weighted by atomic mass is 32.1. The number of nitrogens with zero attached hydrogens (tertiary/aromatic N) is 2. The third kappa shape index (κ3) is 3.88. The largest absolute Gasteiger partial charge is 0.462 e. The smallest absolute Gasteiger partial charge is 0.338 e. The van der Waals surface area contributed by atoms with E-state index < -0.39 is 0 Å². The Hall–Kier alpha value is -2.66. The maximum atomic E-state index is 11.7. The van der Waals surface area contributed by atoms with Crippen molar-refractivity contribution in [2.45, 2.75) is 20.4 Å². The lowest BCUT2D eigenvalue weighted by Crippen LogP contribution is -2.14. The maximum Gasteiger partial charge on any atom is 0.338 e. The number of carbonyl (C=O) groups is 1. The molecule has 3 aromatic rings. The Morgan fingerprint density at radius 2 is 1.80 bits per heavy atom. The van der Waals surface area contributed by atoms with Crippen LogP contribution in [0.1, 0.15) is 24.2 Å². The molecule has 0 unspecified atom stereocenters. The molecule has 0 aliphatic rings. The van der Waals surface area contributed by atoms with Gasteiger partial charge in [-0.1, -0.05) is 30.3 Å². The van der Waals surface area contributed by atoms with E-state index in [2.05, 4.69) is 29.0 Å². The molecule has 0 amide bonds. The van der Waals surface area contributed by atoms with Crippen LogP contribution in [0.3, 0.4) is 0 Å². The fourth-order valence-corrected chi connectivity index (χ4v) is 3.55. The Kier molecular flexibility index (Phi) is 5.46. The summed E-state index contributed by atoms with van der Waals surface area (Å²) in [6.45, 7) is 5.13. The van der Waals surface area contributed by atoms with Gasteiger partial charge in [0.2, 0.25) is 0 Å². The lowest BCUT2D eigenvalue weighted by atomic mass is 10.2. The van der Waals surface area contributed by atoms with Crippen molar-refractivity contribution in [2.75, 3.05) is 6.61 Å². The molecule has 3 rings (SSSR count). The SMILES string of the molecule is CCOC(=O)c1ccc(N=c2scc(-c3ccccc3)n2CC)cc1. The van der Waals surface area contributed by atoms with Crippen molar-refractivity contribution in [3.8, 4) is 11.3 Å². The van der Waals surface area contributed by atoms with Crippen LogP contribution in [-0.4, -0.2) is 17.1 Å². The first-order valence-corrected chi connectivity index (χ1v) is 9.16. The van der Waals surface area contributed by atoms with Crippen LogP contribution in [0.15, 0.2) is 65.0 Å². The Morgan fingerprint density at radius 1 is 1.08 bits per heavy atom. The molecule has 4 nitrogen and oxygen atoms in total. The predicted octanol–water partition coefficient (Wildman–Crippen LogP) is 4.65. The average Bonchev–Trinajstić information content (AvgIpc) is 3.06. The number of carbonyl (C=O) groups excluding carboxylic acids is 1. The summed E-state index contributed by atoms with van der Waals surface area (Å²) in [7, 11) is 0. The molecule has 1 aromatic heterocycles. The lowest BCUT2D eigenvalue weighted by molar-refractivity contribution is 0.0526. The van der Waals surface area contributed by atoms with E-state index in [4.69, 9.17) is 9.73 Å². The molecule has 0 saturated carbocycles. The van der Waals surface area contributed by atoms with Gasteiger partial charge in [0.15, 0.2) is 4.80 Å². The fraction of sp³-hybridized carbons (Fsp3) is 0.200. The topological polar surface area (TPSA) is 43.6 Å². The van der Waals surface area contributed by atoms with Crippen molar-refractivity contribution in [2.24, 2.45) is 4.99 Å². The molecule has 0 aliphatic heterocycles. The zero-order chi connectivity index (χ0) is 17.6. The standard InChI is InChI=1S/C20H20N2O2S/c1-3-22-18(15-8-6-5-7-9-15)14-25-20(22)21-17-12-10-16(11-13-17)19(23)24-4-2/h5-14H,3-4H2,1-2H3. The molecular formula is C20H20N2O2S. The van der Waals surface area contributed by atoms with E-state index in [0.717, 1.165) is 22.7 Å². The number of aromatic nitrogens is 1. The van der Waals surface area contributed by atoms with Crippen LogP contribution in [0, 0.1) is 0 Å². The van der Waals surface area contributed by atoms with Gasteiger partial charge in [0, 0.05) is 11.9 Å². The summed E-state index contributed by atoms with van der Waals surface area (Å²) in [5, 5.41) is 2.13. The van der Waals surface area contributed by atoms with Crippen molar-refractivity contribution < 1.29 is 9.53 Å². The van der Waals surface area contributed by atoms with E-state index in [0.29, 0.717) is 12.2 Å². The fourth-order valence-electron chi connectivity index (χ4n) is 2.56. The second-order valence-corrected chi connectivity index (χ2v) is 6.23. The molecule has 25 heavy (non-hydrogen) atoms. The first-order valence-electron chi connectivity index (χ1n) is 8.28. The minimum absolute atomic E-state index is 0.305. The Balaban J connectivity index is 1.94. The third-order valence-corrected chi connectivity index (χ3v) is 4.65. The zero-order valence-electron chi connectivity index (χ0n) is 14.3. The molecule has 2 aromatic carbocycles. The van der Waals surface area contributed by atoms with Gasteiger partial charge >= 0.3 is 5.97 Å². The van der Waals surface area contributed by atoms with Crippen LogP contribution < -0.4 is 4.80 Å². The predicted molar refractivity (Wildman–Crippen MR) is 101 cm³/mol. The number of ether oxygens (including phenoxy) is 1. The number of esters is 1. The van der Waals surface area contributed by atoms with Crippen molar-refractivity contribution in [1.29, 1.82) is 0 Å². The summed E-state index contributed by atoms with van der Waals surface area (Å²) in [6, 6.07) is 17.5. The van der Waals surface area contributed by atoms with Gasteiger partial charge in [-0.2, -0.15) is 0 Å². The third-order valence-electron chi connectivity index (χ3n) is 3.79. The molecule has 0 fully saturated rings. The van der Waals surface area contributed by atoms with E-state index in [9.17, 15) is 4.79 Å². The van der Waals surface area contributed by atoms with Gasteiger partial charge < -0.3 is 9.30 Å². The molecule has 0 atom stereocenters. The van der Waals surface area contributed by atoms with E-state index in [1.54, 1.807) is 30.4 Å². The molecular weight excluding hydrogens is 332 g/mol. The summed E-state index contributed by atoms with van der Waals surface area (Å²) in [5.41, 5.74) is 3.70. The van der Waals surface area contributed by atoms with Gasteiger partial charge in [-0.05, 0) is 43.7 Å². The number of thiazole rings is 1. The summed E-state index contributed by atoms with van der Waals surface area (Å²) < 4.78 is 7.20. The van der Waals surface area contributed by atoms with Gasteiger partial charge in [0.05, 0.1) is 23.6 Å². The van der Waals surface area contributed by atoms with Crippen molar-refractivity contribution in [3.05, 3.63) is 70.3 Å². The lowest BCUT2D eigenvalue weighted by Gasteiger charge is -2.06. The van der Waals surface area contributed by atoms with Crippen LogP contribution in [0.4, 0.5) is 5.69 Å². The molecule has 0 aliphatic carbocycles. The van der Waals surface area contributed by atoms with Gasteiger partial charge in [-0.25, -0.2) is 9.79 Å². The van der Waals surface area contributed by atoms with E-state index in [1.165, 1.54) is 5.56 Å². The maximum absolute atomic E-state index is 11.7. The molecule has 128 valence electrons. The van der Waals surface area contributed by atoms with Crippen LogP contribution in [-0.2, 0) is 11.3 Å². The normalized spacial score (nSPS) is 11.5. The highest BCUT2D eigenvalue weighted by Crippen LogP contribution is 2.20. The molecule has 0 saturated heterocycles. The van der Waals surface area contributed by atoms with Gasteiger partial charge in [0.1, 0.15) is 0 Å². The minimum Gasteiger partial charge on any atom is -0.462 e. The number of hydrogen-bond acceptors (Lipinski definition) is 4. The van der Waals surface area contributed by atoms with Crippen molar-refractivity contribution >= 4 is 23.0 Å². The average molecular weight is 352 g/mol. The van der Waals surface area contributed by atoms with Crippen molar-refractivity contribution in [1.82, 2.24) is 4.57 Å². The monoisotopic (exact) mass is 352 g/mol.